The van der Waals surface area contributed by atoms with Crippen LogP contribution >= 0.6 is 23.2 Å². The van der Waals surface area contributed by atoms with E-state index in [-0.39, 0.29) is 22.2 Å². The summed E-state index contributed by atoms with van der Waals surface area (Å²) in [5.41, 5.74) is 2.28. The second kappa shape index (κ2) is 6.81. The van der Waals surface area contributed by atoms with Crippen molar-refractivity contribution in [2.75, 3.05) is 11.9 Å². The van der Waals surface area contributed by atoms with E-state index in [1.165, 1.54) is 0 Å². The monoisotopic (exact) mass is 363 g/mol. The number of nitrogens with one attached hydrogen (secondary N) is 1. The normalized spacial score (nSPS) is 11.0. The molecular formula is C17H15Cl2N3O2. The second-order valence-electron chi connectivity index (χ2n) is 5.26. The number of aryl methyl sites for hydroxylation is 1. The third-order valence-corrected chi connectivity index (χ3v) is 4.36. The minimum absolute atomic E-state index is 0.0120. The van der Waals surface area contributed by atoms with E-state index in [0.29, 0.717) is 17.7 Å². The van der Waals surface area contributed by atoms with Gasteiger partial charge in [-0.25, -0.2) is 4.98 Å². The fraction of sp³-hybridized carbons (Fsp3) is 0.176. The number of aliphatic hydroxyl groups excluding tert-OH is 1. The predicted octanol–water partition coefficient (Wildman–Crippen LogP) is 3.90. The van der Waals surface area contributed by atoms with Gasteiger partial charge in [0.15, 0.2) is 0 Å². The maximum absolute atomic E-state index is 12.6. The van der Waals surface area contributed by atoms with Crippen LogP contribution < -0.4 is 5.32 Å². The largest absolute Gasteiger partial charge is 0.395 e. The van der Waals surface area contributed by atoms with Crippen LogP contribution in [-0.4, -0.2) is 27.2 Å². The molecule has 5 nitrogen and oxygen atoms in total. The Morgan fingerprint density at radius 1 is 1.21 bits per heavy atom. The predicted molar refractivity (Wildman–Crippen MR) is 96.0 cm³/mol. The van der Waals surface area contributed by atoms with E-state index < -0.39 is 5.91 Å². The molecule has 0 aliphatic rings. The van der Waals surface area contributed by atoms with Crippen molar-refractivity contribution in [2.24, 2.45) is 0 Å². The van der Waals surface area contributed by atoms with Crippen molar-refractivity contribution >= 4 is 45.8 Å². The third-order valence-electron chi connectivity index (χ3n) is 3.73. The van der Waals surface area contributed by atoms with Gasteiger partial charge in [0.2, 0.25) is 0 Å². The number of imidazole rings is 1. The van der Waals surface area contributed by atoms with Gasteiger partial charge in [0, 0.05) is 6.54 Å². The zero-order valence-corrected chi connectivity index (χ0v) is 14.4. The lowest BCUT2D eigenvalue weighted by Crippen LogP contribution is -2.13. The molecule has 0 unspecified atom stereocenters. The molecule has 0 saturated heterocycles. The molecule has 3 rings (SSSR count). The molecule has 1 amide bonds. The summed E-state index contributed by atoms with van der Waals surface area (Å²) in [6.45, 7) is 2.31. The first-order valence-corrected chi connectivity index (χ1v) is 8.10. The number of aliphatic hydroxyl groups is 1. The molecule has 1 heterocycles. The summed E-state index contributed by atoms with van der Waals surface area (Å²) in [6.07, 6.45) is 0. The highest BCUT2D eigenvalue weighted by molar-refractivity contribution is 6.40. The molecule has 0 bridgehead atoms. The second-order valence-corrected chi connectivity index (χ2v) is 6.07. The lowest BCUT2D eigenvalue weighted by molar-refractivity contribution is 0.102. The first-order chi connectivity index (χ1) is 11.5. The number of halogens is 2. The Hall–Kier alpha value is -2.08. The van der Waals surface area contributed by atoms with E-state index in [0.717, 1.165) is 11.3 Å². The minimum Gasteiger partial charge on any atom is -0.395 e. The fourth-order valence-corrected chi connectivity index (χ4v) is 3.21. The quantitative estimate of drug-likeness (QED) is 0.738. The van der Waals surface area contributed by atoms with E-state index in [9.17, 15) is 9.90 Å². The van der Waals surface area contributed by atoms with Crippen molar-refractivity contribution in [3.8, 4) is 0 Å². The molecule has 124 valence electrons. The molecule has 24 heavy (non-hydrogen) atoms. The van der Waals surface area contributed by atoms with E-state index in [2.05, 4.69) is 10.3 Å². The van der Waals surface area contributed by atoms with Crippen molar-refractivity contribution in [1.82, 2.24) is 9.55 Å². The summed E-state index contributed by atoms with van der Waals surface area (Å²) in [7, 11) is 0. The van der Waals surface area contributed by atoms with Gasteiger partial charge in [0.05, 0.1) is 33.4 Å². The standard InChI is InChI=1S/C17H15Cl2N3O2/c1-10-20-16-13(6-3-7-14(16)22(10)8-9-23)21-17(24)15-11(18)4-2-5-12(15)19/h2-7,23H,8-9H2,1H3,(H,21,24). The number of para-hydroxylation sites is 1. The topological polar surface area (TPSA) is 67.2 Å². The van der Waals surface area contributed by atoms with Crippen LogP contribution in [0.15, 0.2) is 36.4 Å². The van der Waals surface area contributed by atoms with Crippen LogP contribution in [0.25, 0.3) is 11.0 Å². The lowest BCUT2D eigenvalue weighted by atomic mass is 10.2. The third kappa shape index (κ3) is 2.98. The van der Waals surface area contributed by atoms with Gasteiger partial charge in [-0.2, -0.15) is 0 Å². The Kier molecular flexibility index (Phi) is 4.76. The smallest absolute Gasteiger partial charge is 0.258 e. The molecule has 2 aromatic carbocycles. The highest BCUT2D eigenvalue weighted by Gasteiger charge is 2.17. The number of fused-ring (bicyclic) bond motifs is 1. The molecule has 2 N–H and O–H groups in total. The number of benzene rings is 2. The van der Waals surface area contributed by atoms with Gasteiger partial charge in [0.25, 0.3) is 5.91 Å². The Morgan fingerprint density at radius 3 is 2.54 bits per heavy atom. The maximum Gasteiger partial charge on any atom is 0.258 e. The number of nitrogens with zero attached hydrogens (tertiary/aromatic N) is 2. The molecule has 0 spiro atoms. The molecule has 0 saturated carbocycles. The Bertz CT molecular complexity index is 901. The number of carbonyl (C=O) groups excluding carboxylic acids is 1. The Labute approximate surface area is 148 Å². The van der Waals surface area contributed by atoms with Gasteiger partial charge in [-0.3, -0.25) is 4.79 Å². The molecule has 0 radical (unpaired) electrons. The van der Waals surface area contributed by atoms with E-state index in [1.807, 2.05) is 23.6 Å². The first-order valence-electron chi connectivity index (χ1n) is 7.35. The molecule has 0 atom stereocenters. The number of anilines is 1. The summed E-state index contributed by atoms with van der Waals surface area (Å²) in [6, 6.07) is 10.4. The zero-order chi connectivity index (χ0) is 17.3. The number of hydrogen-bond donors (Lipinski definition) is 2. The van der Waals surface area contributed by atoms with Crippen LogP contribution in [0.4, 0.5) is 5.69 Å². The van der Waals surface area contributed by atoms with Crippen molar-refractivity contribution in [2.45, 2.75) is 13.5 Å². The molecular weight excluding hydrogens is 349 g/mol. The number of aromatic nitrogens is 2. The number of amides is 1. The first kappa shape index (κ1) is 16.8. The molecule has 7 heteroatoms. The van der Waals surface area contributed by atoms with Gasteiger partial charge in [0.1, 0.15) is 11.3 Å². The number of carbonyl (C=O) groups is 1. The van der Waals surface area contributed by atoms with Gasteiger partial charge >= 0.3 is 0 Å². The van der Waals surface area contributed by atoms with Gasteiger partial charge in [-0.1, -0.05) is 35.3 Å². The lowest BCUT2D eigenvalue weighted by Gasteiger charge is -2.09. The minimum atomic E-state index is -0.396. The summed E-state index contributed by atoms with van der Waals surface area (Å²) in [4.78, 5) is 17.1. The summed E-state index contributed by atoms with van der Waals surface area (Å²) < 4.78 is 1.90. The summed E-state index contributed by atoms with van der Waals surface area (Å²) >= 11 is 12.2. The Morgan fingerprint density at radius 2 is 1.88 bits per heavy atom. The van der Waals surface area contributed by atoms with Gasteiger partial charge in [-0.05, 0) is 31.2 Å². The SMILES string of the molecule is Cc1nc2c(NC(=O)c3c(Cl)cccc3Cl)cccc2n1CCO. The van der Waals surface area contributed by atoms with E-state index in [4.69, 9.17) is 23.2 Å². The number of hydrogen-bond acceptors (Lipinski definition) is 3. The van der Waals surface area contributed by atoms with E-state index >= 15 is 0 Å². The highest BCUT2D eigenvalue weighted by atomic mass is 35.5. The van der Waals surface area contributed by atoms with Crippen LogP contribution in [0.2, 0.25) is 10.0 Å². The summed E-state index contributed by atoms with van der Waals surface area (Å²) in [5, 5.41) is 12.6. The van der Waals surface area contributed by atoms with Crippen LogP contribution in [-0.2, 0) is 6.54 Å². The van der Waals surface area contributed by atoms with Gasteiger partial charge in [-0.15, -0.1) is 0 Å². The van der Waals surface area contributed by atoms with Crippen LogP contribution in [0.1, 0.15) is 16.2 Å². The average Bonchev–Trinajstić information content (AvgIpc) is 2.85. The fourth-order valence-electron chi connectivity index (χ4n) is 2.65. The van der Waals surface area contributed by atoms with Crippen LogP contribution in [0.3, 0.4) is 0 Å². The molecule has 1 aromatic heterocycles. The number of rotatable bonds is 4. The molecule has 0 aliphatic carbocycles. The van der Waals surface area contributed by atoms with Crippen LogP contribution in [0.5, 0.6) is 0 Å². The molecule has 3 aromatic rings. The van der Waals surface area contributed by atoms with Crippen LogP contribution in [0, 0.1) is 6.92 Å². The average molecular weight is 364 g/mol. The zero-order valence-electron chi connectivity index (χ0n) is 12.9. The Balaban J connectivity index is 2.02. The van der Waals surface area contributed by atoms with E-state index in [1.54, 1.807) is 24.3 Å². The van der Waals surface area contributed by atoms with Crippen molar-refractivity contribution in [3.63, 3.8) is 0 Å². The van der Waals surface area contributed by atoms with Crippen molar-refractivity contribution in [1.29, 1.82) is 0 Å². The maximum atomic E-state index is 12.6. The van der Waals surface area contributed by atoms with Gasteiger partial charge < -0.3 is 15.0 Å². The van der Waals surface area contributed by atoms with Crippen molar-refractivity contribution in [3.05, 3.63) is 57.8 Å². The van der Waals surface area contributed by atoms with Crippen molar-refractivity contribution < 1.29 is 9.90 Å². The molecule has 0 fully saturated rings. The summed E-state index contributed by atoms with van der Waals surface area (Å²) in [5.74, 6) is 0.365. The highest BCUT2D eigenvalue weighted by Crippen LogP contribution is 2.28. The molecule has 0 aliphatic heterocycles.